The van der Waals surface area contributed by atoms with Crippen molar-refractivity contribution in [1.82, 2.24) is 0 Å². The number of hydrogen-bond acceptors (Lipinski definition) is 25. The van der Waals surface area contributed by atoms with Crippen LogP contribution >= 0.6 is 0 Å². The Balaban J connectivity index is 0.000000131. The first-order chi connectivity index (χ1) is 64.5. The molecular weight excluding hydrogens is 1790 g/mol. The second-order valence-corrected chi connectivity index (χ2v) is 54.1. The lowest BCUT2D eigenvalue weighted by Crippen LogP contribution is -2.55. The minimum Gasteiger partial charge on any atom is -0.547 e. The van der Waals surface area contributed by atoms with Crippen LogP contribution in [0.3, 0.4) is 0 Å². The van der Waals surface area contributed by atoms with Gasteiger partial charge in [0.15, 0.2) is 40.8 Å². The van der Waals surface area contributed by atoms with Gasteiger partial charge in [0, 0.05) is 138 Å². The van der Waals surface area contributed by atoms with Gasteiger partial charge in [-0.05, 0) is 303 Å². The summed E-state index contributed by atoms with van der Waals surface area (Å²) in [6.45, 7) is 38.5. The van der Waals surface area contributed by atoms with Gasteiger partial charge < -0.3 is 52.9 Å². The van der Waals surface area contributed by atoms with Gasteiger partial charge in [-0.1, -0.05) is 111 Å². The zero-order valence-electron chi connectivity index (χ0n) is 85.6. The highest BCUT2D eigenvalue weighted by Crippen LogP contribution is 2.71. The Morgan fingerprint density at radius 2 is 0.662 bits per heavy atom. The molecule has 3 N–H and O–H groups in total. The van der Waals surface area contributed by atoms with Crippen molar-refractivity contribution in [3.8, 4) is 0 Å². The summed E-state index contributed by atoms with van der Waals surface area (Å²) in [5, 5.41) is 32.3. The second-order valence-electron chi connectivity index (χ2n) is 49.7. The maximum Gasteiger partial charge on any atom is 0.303 e. The van der Waals surface area contributed by atoms with Crippen molar-refractivity contribution < 1.29 is 120 Å². The molecular formula is C113H160O25Si. The zero-order chi connectivity index (χ0) is 100. The Labute approximate surface area is 823 Å². The molecule has 0 aromatic carbocycles. The summed E-state index contributed by atoms with van der Waals surface area (Å²) in [6.07, 6.45) is 32.7. The van der Waals surface area contributed by atoms with E-state index in [1.807, 2.05) is 32.1 Å². The SMILES string of the molecule is C.CC(=O)OC1C[C@H]2[C@@H]3C(=O)C=C4C[C@@H](OC(C)=O)CC[C@]4(C)[C@H]3CC[C@]2(C)C1=O.CC(=O)OC1C[C@H]2[C@@H]3[C@@H](O)C=C4C[C@@H](OC(C)=O)CC[C@]4(C)[C@H]3CC[C@]2(C)[C@H]1O.CC(=O)O[C@H]1CC[C@@]2(C)C(=CC(=O)[C@@H]3[C@@H]2CC[C@]2(C)C(=O)C(O)C[C@@H]32)C1.CC(=O)O[C@H]1CC[C@@]2(C)C(=CC(=O)[C@@H]3[C@@H]2CC[C@]2(C)C(=O)CC[C@@H]32)C1.CC(=O)O[C@H]1CC[C@@]2(C)C(=CC(=O)[C@@H]3[C@@H]2CC[C@]2(C)C(O[Si](C)(C)C)=CC[C@@H]32)C1. The molecule has 20 aliphatic carbocycles. The van der Waals surface area contributed by atoms with Crippen LogP contribution in [0.4, 0.5) is 0 Å². The van der Waals surface area contributed by atoms with Crippen LogP contribution in [0.2, 0.25) is 19.6 Å². The number of carbonyl (C=O) groups excluding carboxylic acids is 14. The molecule has 0 spiro atoms. The fourth-order valence-corrected chi connectivity index (χ4v) is 34.7. The quantitative estimate of drug-likeness (QED) is 0.0835. The third kappa shape index (κ3) is 18.6. The standard InChI is InChI=1S/C24H36O4Si.C23H34O6.C23H30O6.C21H28O5.C21H28O4.CH4/c1-15(25)27-17-9-11-23(2)16(13-17)14-20(26)22-18-7-8-21(28-29(4,5)6)24(18,3)12-10-19(22)23;2*1-12(24)28-15-5-7-22(3)14(9-15)10-18(26)20-16(22)6-8-23(4)17(20)11-19(21(23)27)29-13(2)25;1-11(22)26-13-4-6-20(2)12(8-13)9-16(23)18-14(20)5-7-21(3)15(18)10-17(24)19(21)25;1-12(22)25-14-6-8-20(2)13(10-14)11-17(23)19-15-4-5-18(24)21(15,3)9-7-16(19)20;/h8,14,17-19,22H,7,9-13H2,1-6H3;10,15-21,26-27H,5-9,11H2,1-4H3;10,15-17,19-20H,5-9,11H2,1-4H3;9,13-15,17-18,24H,4-8,10H2,1-3H3;11,14-16,19H,4-10H2,1-3H3;1H4/t17-,18-,19-,22-,23-,24-;15-,16-,17-,18-,19?,20+,21-,22-,23-;15-,16-,17-,19?,20+,22-,23-;13-,14-,15-,17?,18+,20-,21-;14-,15-,16-,19-,20-,21-;/m00000./s1. The number of hydrogen-bond donors (Lipinski definition) is 3. The molecule has 0 aromatic rings. The molecule has 14 fully saturated rings. The number of esters is 7. The van der Waals surface area contributed by atoms with Gasteiger partial charge in [0.1, 0.15) is 48.5 Å². The minimum absolute atomic E-state index is 0. The molecule has 20 aliphatic rings. The smallest absolute Gasteiger partial charge is 0.303 e. The topological polar surface area (TPSA) is 374 Å². The van der Waals surface area contributed by atoms with Crippen molar-refractivity contribution in [1.29, 1.82) is 0 Å². The molecule has 0 heterocycles. The first-order valence-corrected chi connectivity index (χ1v) is 55.9. The van der Waals surface area contributed by atoms with Gasteiger partial charge in [0.25, 0.3) is 0 Å². The summed E-state index contributed by atoms with van der Waals surface area (Å²) in [5.41, 5.74) is 3.85. The van der Waals surface area contributed by atoms with Crippen LogP contribution in [0.15, 0.2) is 70.1 Å². The second kappa shape index (κ2) is 38.4. The molecule has 766 valence electrons. The maximum atomic E-state index is 13.4. The van der Waals surface area contributed by atoms with Crippen molar-refractivity contribution in [2.45, 2.75) is 405 Å². The summed E-state index contributed by atoms with van der Waals surface area (Å²) in [5.74, 6) is 1.74. The van der Waals surface area contributed by atoms with Crippen molar-refractivity contribution >= 4 is 90.6 Å². The van der Waals surface area contributed by atoms with Crippen LogP contribution in [-0.2, 0) is 105 Å². The fourth-order valence-electron chi connectivity index (χ4n) is 33.7. The van der Waals surface area contributed by atoms with Gasteiger partial charge >= 0.3 is 41.8 Å². The van der Waals surface area contributed by atoms with E-state index in [-0.39, 0.29) is 211 Å². The van der Waals surface area contributed by atoms with E-state index in [1.165, 1.54) is 65.2 Å². The summed E-state index contributed by atoms with van der Waals surface area (Å²) in [6, 6.07) is 0. The predicted molar refractivity (Wildman–Crippen MR) is 518 cm³/mol. The molecule has 0 aromatic heterocycles. The summed E-state index contributed by atoms with van der Waals surface area (Å²) >= 11 is 0. The molecule has 3 unspecified atom stereocenters. The summed E-state index contributed by atoms with van der Waals surface area (Å²) in [4.78, 5) is 171. The minimum atomic E-state index is -1.68. The van der Waals surface area contributed by atoms with E-state index in [4.69, 9.17) is 37.6 Å². The third-order valence-corrected chi connectivity index (χ3v) is 41.8. The first-order valence-electron chi connectivity index (χ1n) is 52.5. The van der Waals surface area contributed by atoms with Gasteiger partial charge in [-0.3, -0.25) is 67.1 Å². The van der Waals surface area contributed by atoms with E-state index in [0.29, 0.717) is 86.6 Å². The van der Waals surface area contributed by atoms with Crippen LogP contribution in [0, 0.1) is 143 Å². The Morgan fingerprint density at radius 1 is 0.338 bits per heavy atom. The highest BCUT2D eigenvalue weighted by molar-refractivity contribution is 6.70. The average Bonchev–Trinajstić information content (AvgIpc) is 1.65. The Kier molecular flexibility index (Phi) is 29.2. The van der Waals surface area contributed by atoms with E-state index >= 15 is 0 Å². The Morgan fingerprint density at radius 3 is 1.05 bits per heavy atom. The molecule has 0 bridgehead atoms. The lowest BCUT2D eigenvalue weighted by molar-refractivity contribution is -0.155. The predicted octanol–water partition coefficient (Wildman–Crippen LogP) is 18.2. The molecule has 35 atom stereocenters. The Hall–Kier alpha value is -7.68. The van der Waals surface area contributed by atoms with Crippen LogP contribution in [0.5, 0.6) is 0 Å². The van der Waals surface area contributed by atoms with Gasteiger partial charge in [0.05, 0.1) is 18.0 Å². The number of carbonyl (C=O) groups is 14. The zero-order valence-corrected chi connectivity index (χ0v) is 86.6. The molecule has 0 amide bonds. The van der Waals surface area contributed by atoms with E-state index < -0.39 is 55.6 Å². The molecule has 25 nitrogen and oxygen atoms in total. The molecule has 20 rings (SSSR count). The number of rotatable bonds is 9. The normalized spacial score (nSPS) is 45.1. The van der Waals surface area contributed by atoms with E-state index in [0.717, 1.165) is 165 Å². The Bertz CT molecular complexity index is 5170. The summed E-state index contributed by atoms with van der Waals surface area (Å²) < 4.78 is 44.5. The molecule has 0 radical (unpaired) electrons. The monoisotopic (exact) mass is 1950 g/mol. The first kappa shape index (κ1) is 106. The lowest BCUT2D eigenvalue weighted by atomic mass is 9.47. The van der Waals surface area contributed by atoms with Gasteiger partial charge in [-0.2, -0.15) is 0 Å². The van der Waals surface area contributed by atoms with Gasteiger partial charge in [0.2, 0.25) is 8.32 Å². The largest absolute Gasteiger partial charge is 0.547 e. The van der Waals surface area contributed by atoms with Gasteiger partial charge in [-0.25, -0.2) is 0 Å². The summed E-state index contributed by atoms with van der Waals surface area (Å²) in [7, 11) is -1.68. The van der Waals surface area contributed by atoms with Crippen molar-refractivity contribution in [3.63, 3.8) is 0 Å². The van der Waals surface area contributed by atoms with E-state index in [1.54, 1.807) is 12.2 Å². The maximum absolute atomic E-state index is 13.4. The van der Waals surface area contributed by atoms with Crippen LogP contribution in [-0.4, -0.2) is 167 Å². The van der Waals surface area contributed by atoms with Crippen LogP contribution in [0.25, 0.3) is 0 Å². The molecule has 26 heteroatoms. The fraction of sp³-hybridized carbons (Fsp3) is 0.770. The average molecular weight is 1950 g/mol. The van der Waals surface area contributed by atoms with E-state index in [9.17, 15) is 82.4 Å². The highest BCUT2D eigenvalue weighted by atomic mass is 28.4. The lowest BCUT2D eigenvalue weighted by Gasteiger charge is -2.58. The van der Waals surface area contributed by atoms with Crippen molar-refractivity contribution in [2.75, 3.05) is 0 Å². The molecule has 0 saturated heterocycles. The highest BCUT2D eigenvalue weighted by Gasteiger charge is 2.70. The van der Waals surface area contributed by atoms with Crippen molar-refractivity contribution in [3.05, 3.63) is 70.1 Å². The third-order valence-electron chi connectivity index (χ3n) is 41.0. The van der Waals surface area contributed by atoms with Crippen LogP contribution in [0.1, 0.15) is 324 Å². The number of ether oxygens (including phenoxy) is 7. The van der Waals surface area contributed by atoms with E-state index in [2.05, 4.69) is 81.1 Å². The molecule has 0 aliphatic heterocycles. The number of aliphatic hydroxyl groups is 3. The van der Waals surface area contributed by atoms with Crippen LogP contribution < -0.4 is 0 Å². The number of aliphatic hydroxyl groups excluding tert-OH is 3. The van der Waals surface area contributed by atoms with Gasteiger partial charge in [-0.15, -0.1) is 0 Å². The molecule has 14 saturated carbocycles. The number of ketones is 7. The molecule has 139 heavy (non-hydrogen) atoms. The number of fused-ring (bicyclic) bond motifs is 25. The number of Topliss-reactive ketones (excluding diaryl/α,β-unsaturated/α-hetero) is 3. The number of allylic oxidation sites excluding steroid dienone is 6. The van der Waals surface area contributed by atoms with Crippen molar-refractivity contribution in [2.24, 2.45) is 143 Å².